The summed E-state index contributed by atoms with van der Waals surface area (Å²) in [7, 11) is 0. The molecule has 0 spiro atoms. The van der Waals surface area contributed by atoms with E-state index in [9.17, 15) is 13.2 Å². The van der Waals surface area contributed by atoms with Crippen LogP contribution >= 0.6 is 0 Å². The van der Waals surface area contributed by atoms with Gasteiger partial charge in [-0.15, -0.1) is 0 Å². The summed E-state index contributed by atoms with van der Waals surface area (Å²) in [4.78, 5) is 4.08. The zero-order valence-corrected chi connectivity index (χ0v) is 9.78. The van der Waals surface area contributed by atoms with Crippen LogP contribution in [-0.2, 0) is 0 Å². The Labute approximate surface area is 107 Å². The maximum atomic E-state index is 12.2. The highest BCUT2D eigenvalue weighted by atomic mass is 19.4. The highest BCUT2D eigenvalue weighted by Gasteiger charge is 2.37. The van der Waals surface area contributed by atoms with Crippen molar-refractivity contribution in [1.82, 2.24) is 4.98 Å². The number of anilines is 2. The molecule has 0 aliphatic rings. The molecule has 2 rings (SSSR count). The van der Waals surface area contributed by atoms with Gasteiger partial charge in [0.1, 0.15) is 0 Å². The molecule has 0 fully saturated rings. The Balaban J connectivity index is 2.20. The molecule has 0 amide bonds. The molecule has 102 valence electrons. The number of nitrogens with one attached hydrogen (secondary N) is 1. The van der Waals surface area contributed by atoms with E-state index in [0.29, 0.717) is 22.3 Å². The second-order valence-electron chi connectivity index (χ2n) is 4.04. The lowest BCUT2D eigenvalue weighted by Gasteiger charge is -2.17. The number of aromatic nitrogens is 1. The molecule has 7 heteroatoms. The second kappa shape index (κ2) is 4.93. The number of benzene rings is 1. The van der Waals surface area contributed by atoms with Gasteiger partial charge < -0.3 is 16.2 Å². The van der Waals surface area contributed by atoms with Crippen LogP contribution in [0.4, 0.5) is 24.5 Å². The van der Waals surface area contributed by atoms with E-state index in [1.54, 1.807) is 24.4 Å². The van der Waals surface area contributed by atoms with Crippen LogP contribution in [0.1, 0.15) is 0 Å². The number of fused-ring (bicyclic) bond motifs is 1. The molecule has 0 aliphatic heterocycles. The number of rotatable bonds is 3. The van der Waals surface area contributed by atoms with Crippen LogP contribution in [0.5, 0.6) is 0 Å². The number of alkyl halides is 3. The van der Waals surface area contributed by atoms with Gasteiger partial charge in [0, 0.05) is 18.1 Å². The lowest BCUT2D eigenvalue weighted by Crippen LogP contribution is -2.35. The number of halogens is 3. The minimum atomic E-state index is -4.65. The van der Waals surface area contributed by atoms with Gasteiger partial charge in [-0.3, -0.25) is 4.98 Å². The van der Waals surface area contributed by atoms with Crippen molar-refractivity contribution in [1.29, 1.82) is 0 Å². The molecule has 19 heavy (non-hydrogen) atoms. The number of nitrogens with two attached hydrogens (primary N) is 1. The van der Waals surface area contributed by atoms with Crippen molar-refractivity contribution in [3.63, 3.8) is 0 Å². The second-order valence-corrected chi connectivity index (χ2v) is 4.04. The molecule has 0 saturated heterocycles. The van der Waals surface area contributed by atoms with E-state index in [1.807, 2.05) is 0 Å². The van der Waals surface area contributed by atoms with Crippen LogP contribution in [0.2, 0.25) is 0 Å². The molecule has 1 aromatic carbocycles. The number of hydrogen-bond donors (Lipinski definition) is 3. The monoisotopic (exact) mass is 271 g/mol. The summed E-state index contributed by atoms with van der Waals surface area (Å²) in [6, 6.07) is 6.60. The van der Waals surface area contributed by atoms with Gasteiger partial charge in [-0.05, 0) is 24.3 Å². The Bertz CT molecular complexity index is 586. The molecule has 1 aromatic heterocycles. The first-order valence-electron chi connectivity index (χ1n) is 5.51. The molecule has 0 bridgehead atoms. The highest BCUT2D eigenvalue weighted by molar-refractivity contribution is 5.96. The van der Waals surface area contributed by atoms with Crippen molar-refractivity contribution in [2.75, 3.05) is 17.6 Å². The first-order chi connectivity index (χ1) is 8.89. The van der Waals surface area contributed by atoms with Gasteiger partial charge in [-0.25, -0.2) is 0 Å². The fraction of sp³-hybridized carbons (Fsp3) is 0.250. The quantitative estimate of drug-likeness (QED) is 0.748. The lowest BCUT2D eigenvalue weighted by molar-refractivity contribution is -0.198. The number of aliphatic hydroxyl groups excluding tert-OH is 1. The summed E-state index contributed by atoms with van der Waals surface area (Å²) in [6.07, 6.45) is -5.49. The predicted molar refractivity (Wildman–Crippen MR) is 66.7 cm³/mol. The van der Waals surface area contributed by atoms with Crippen LogP contribution < -0.4 is 11.1 Å². The van der Waals surface area contributed by atoms with Crippen molar-refractivity contribution in [3.05, 3.63) is 30.5 Å². The Hall–Kier alpha value is -2.02. The average Bonchev–Trinajstić information content (AvgIpc) is 2.37. The van der Waals surface area contributed by atoms with Crippen LogP contribution in [0.3, 0.4) is 0 Å². The van der Waals surface area contributed by atoms with Crippen molar-refractivity contribution in [2.45, 2.75) is 12.3 Å². The maximum Gasteiger partial charge on any atom is 0.416 e. The third-order valence-corrected chi connectivity index (χ3v) is 2.69. The van der Waals surface area contributed by atoms with E-state index in [1.165, 1.54) is 6.07 Å². The summed E-state index contributed by atoms with van der Waals surface area (Å²) in [6.45, 7) is -0.653. The summed E-state index contributed by atoms with van der Waals surface area (Å²) >= 11 is 0. The normalized spacial score (nSPS) is 13.5. The Morgan fingerprint density at radius 1 is 1.32 bits per heavy atom. The Kier molecular flexibility index (Phi) is 3.48. The van der Waals surface area contributed by atoms with E-state index in [2.05, 4.69) is 10.3 Å². The van der Waals surface area contributed by atoms with Crippen LogP contribution in [-0.4, -0.2) is 28.9 Å². The number of nitrogens with zero attached hydrogens (tertiary/aromatic N) is 1. The zero-order valence-electron chi connectivity index (χ0n) is 9.78. The first-order valence-corrected chi connectivity index (χ1v) is 5.51. The molecular weight excluding hydrogens is 259 g/mol. The van der Waals surface area contributed by atoms with Crippen LogP contribution in [0, 0.1) is 0 Å². The van der Waals surface area contributed by atoms with E-state index in [0.717, 1.165) is 0 Å². The largest absolute Gasteiger partial charge is 0.416 e. The van der Waals surface area contributed by atoms with Gasteiger partial charge in [0.25, 0.3) is 0 Å². The summed E-state index contributed by atoms with van der Waals surface area (Å²) in [5.41, 5.74) is 7.15. The maximum absolute atomic E-state index is 12.2. The zero-order chi connectivity index (χ0) is 14.0. The van der Waals surface area contributed by atoms with Gasteiger partial charge >= 0.3 is 6.18 Å². The molecule has 2 aromatic rings. The summed E-state index contributed by atoms with van der Waals surface area (Å²) in [5, 5.41) is 12.0. The van der Waals surface area contributed by atoms with Gasteiger partial charge in [0.15, 0.2) is 6.10 Å². The van der Waals surface area contributed by atoms with E-state index in [-0.39, 0.29) is 0 Å². The van der Waals surface area contributed by atoms with E-state index >= 15 is 0 Å². The lowest BCUT2D eigenvalue weighted by atomic mass is 10.1. The molecule has 4 nitrogen and oxygen atoms in total. The summed E-state index contributed by atoms with van der Waals surface area (Å²) in [5.74, 6) is 0. The molecule has 0 aliphatic carbocycles. The molecule has 0 saturated carbocycles. The third-order valence-electron chi connectivity index (χ3n) is 2.69. The number of pyridine rings is 1. The molecule has 1 atom stereocenters. The summed E-state index contributed by atoms with van der Waals surface area (Å²) < 4.78 is 36.5. The van der Waals surface area contributed by atoms with Gasteiger partial charge in [-0.2, -0.15) is 13.2 Å². The standard InChI is InChI=1S/C12H12F3N3O/c13-12(14,15)10(19)6-18-9-4-3-8-7(11(9)16)2-1-5-17-8/h1-5,10,18-19H,6,16H2. The predicted octanol–water partition coefficient (Wildman–Crippen LogP) is 2.15. The Morgan fingerprint density at radius 3 is 2.74 bits per heavy atom. The van der Waals surface area contributed by atoms with Crippen molar-refractivity contribution < 1.29 is 18.3 Å². The molecule has 1 unspecified atom stereocenters. The fourth-order valence-electron chi connectivity index (χ4n) is 1.65. The minimum Gasteiger partial charge on any atom is -0.397 e. The average molecular weight is 271 g/mol. The van der Waals surface area contributed by atoms with Gasteiger partial charge in [0.2, 0.25) is 0 Å². The van der Waals surface area contributed by atoms with Crippen LogP contribution in [0.25, 0.3) is 10.9 Å². The topological polar surface area (TPSA) is 71.2 Å². The Morgan fingerprint density at radius 2 is 2.05 bits per heavy atom. The highest BCUT2D eigenvalue weighted by Crippen LogP contribution is 2.28. The van der Waals surface area contributed by atoms with Crippen molar-refractivity contribution in [2.24, 2.45) is 0 Å². The number of aliphatic hydroxyl groups is 1. The fourth-order valence-corrected chi connectivity index (χ4v) is 1.65. The minimum absolute atomic E-state index is 0.306. The molecule has 0 radical (unpaired) electrons. The van der Waals surface area contributed by atoms with Gasteiger partial charge in [0.05, 0.1) is 16.9 Å². The van der Waals surface area contributed by atoms with Crippen molar-refractivity contribution >= 4 is 22.3 Å². The van der Waals surface area contributed by atoms with Gasteiger partial charge in [-0.1, -0.05) is 0 Å². The first kappa shape index (κ1) is 13.4. The molecular formula is C12H12F3N3O. The van der Waals surface area contributed by atoms with Crippen molar-refractivity contribution in [3.8, 4) is 0 Å². The molecule has 4 N–H and O–H groups in total. The van der Waals surface area contributed by atoms with E-state index < -0.39 is 18.8 Å². The van der Waals surface area contributed by atoms with Crippen LogP contribution in [0.15, 0.2) is 30.5 Å². The SMILES string of the molecule is Nc1c(NCC(O)C(F)(F)F)ccc2ncccc12. The number of nitrogen functional groups attached to an aromatic ring is 1. The third kappa shape index (κ3) is 2.87. The molecule has 1 heterocycles. The number of hydrogen-bond acceptors (Lipinski definition) is 4. The smallest absolute Gasteiger partial charge is 0.397 e. The van der Waals surface area contributed by atoms with E-state index in [4.69, 9.17) is 10.8 Å².